The maximum atomic E-state index is 12.1. The van der Waals surface area contributed by atoms with Crippen LogP contribution >= 0.6 is 0 Å². The fourth-order valence-electron chi connectivity index (χ4n) is 4.45. The Kier molecular flexibility index (Phi) is 7.76. The normalized spacial score (nSPS) is 20.5. The largest absolute Gasteiger partial charge is 0.497 e. The van der Waals surface area contributed by atoms with E-state index >= 15 is 0 Å². The van der Waals surface area contributed by atoms with Crippen molar-refractivity contribution < 1.29 is 19.0 Å². The van der Waals surface area contributed by atoms with Crippen molar-refractivity contribution in [3.8, 4) is 5.75 Å². The zero-order valence-electron chi connectivity index (χ0n) is 19.2. The highest BCUT2D eigenvalue weighted by Crippen LogP contribution is 2.30. The second-order valence-corrected chi connectivity index (χ2v) is 8.44. The molecule has 1 aliphatic heterocycles. The first-order chi connectivity index (χ1) is 16.1. The van der Waals surface area contributed by atoms with E-state index < -0.39 is 0 Å². The Morgan fingerprint density at radius 2 is 1.52 bits per heavy atom. The van der Waals surface area contributed by atoms with Crippen LogP contribution in [0.1, 0.15) is 23.6 Å². The zero-order valence-corrected chi connectivity index (χ0v) is 19.2. The van der Waals surface area contributed by atoms with Crippen LogP contribution in [0.5, 0.6) is 5.75 Å². The monoisotopic (exact) mass is 445 g/mol. The summed E-state index contributed by atoms with van der Waals surface area (Å²) in [5, 5.41) is 0. The molecule has 0 amide bonds. The molecule has 1 saturated heterocycles. The number of nitrogens with zero attached hydrogens (tertiary/aromatic N) is 1. The summed E-state index contributed by atoms with van der Waals surface area (Å²) in [6, 6.07) is 28.6. The highest BCUT2D eigenvalue weighted by Gasteiger charge is 2.44. The number of carbonyl (C=O) groups excluding carboxylic acids is 1. The van der Waals surface area contributed by atoms with Crippen molar-refractivity contribution >= 4 is 5.97 Å². The second kappa shape index (κ2) is 11.1. The van der Waals surface area contributed by atoms with Gasteiger partial charge in [0.15, 0.2) is 0 Å². The summed E-state index contributed by atoms with van der Waals surface area (Å²) < 4.78 is 17.5. The first-order valence-corrected chi connectivity index (χ1v) is 11.4. The Hall–Kier alpha value is -3.15. The lowest BCUT2D eigenvalue weighted by Gasteiger charge is -2.28. The lowest BCUT2D eigenvalue weighted by Crippen LogP contribution is -2.40. The summed E-state index contributed by atoms with van der Waals surface area (Å²) in [4.78, 5) is 14.4. The van der Waals surface area contributed by atoms with Gasteiger partial charge in [-0.05, 0) is 35.2 Å². The molecule has 5 nitrogen and oxygen atoms in total. The average molecular weight is 446 g/mol. The molecule has 4 rings (SSSR count). The summed E-state index contributed by atoms with van der Waals surface area (Å²) >= 11 is 0. The van der Waals surface area contributed by atoms with Gasteiger partial charge in [-0.15, -0.1) is 0 Å². The molecule has 172 valence electrons. The minimum absolute atomic E-state index is 0.00303. The highest BCUT2D eigenvalue weighted by molar-refractivity contribution is 5.66. The zero-order chi connectivity index (χ0) is 23.0. The van der Waals surface area contributed by atoms with Crippen LogP contribution in [0, 0.1) is 0 Å². The van der Waals surface area contributed by atoms with Crippen LogP contribution in [0.2, 0.25) is 0 Å². The molecule has 3 aromatic carbocycles. The third-order valence-electron chi connectivity index (χ3n) is 6.07. The number of hydrogen-bond acceptors (Lipinski definition) is 5. The van der Waals surface area contributed by atoms with Gasteiger partial charge >= 0.3 is 5.97 Å². The van der Waals surface area contributed by atoms with Crippen molar-refractivity contribution in [1.29, 1.82) is 0 Å². The van der Waals surface area contributed by atoms with Crippen molar-refractivity contribution in [2.45, 2.75) is 44.7 Å². The summed E-state index contributed by atoms with van der Waals surface area (Å²) in [5.74, 6) is 0.543. The molecule has 0 spiro atoms. The van der Waals surface area contributed by atoms with Gasteiger partial charge in [-0.2, -0.15) is 0 Å². The molecule has 3 atom stereocenters. The number of hydrogen-bond donors (Lipinski definition) is 0. The van der Waals surface area contributed by atoms with Crippen molar-refractivity contribution in [2.24, 2.45) is 0 Å². The van der Waals surface area contributed by atoms with Crippen LogP contribution in [-0.4, -0.2) is 42.8 Å². The van der Waals surface area contributed by atoms with E-state index in [4.69, 9.17) is 14.2 Å². The van der Waals surface area contributed by atoms with Crippen LogP contribution in [0.25, 0.3) is 0 Å². The van der Waals surface area contributed by atoms with Gasteiger partial charge in [-0.25, -0.2) is 0 Å². The van der Waals surface area contributed by atoms with Gasteiger partial charge < -0.3 is 14.2 Å². The lowest BCUT2D eigenvalue weighted by atomic mass is 10.00. The Balaban J connectivity index is 1.57. The minimum atomic E-state index is -0.350. The molecule has 1 heterocycles. The maximum absolute atomic E-state index is 12.1. The van der Waals surface area contributed by atoms with Crippen molar-refractivity contribution in [3.05, 3.63) is 102 Å². The van der Waals surface area contributed by atoms with E-state index in [9.17, 15) is 4.79 Å². The number of ether oxygens (including phenoxy) is 3. The Morgan fingerprint density at radius 1 is 0.879 bits per heavy atom. The van der Waals surface area contributed by atoms with E-state index in [0.717, 1.165) is 24.3 Å². The molecule has 1 fully saturated rings. The number of methoxy groups -OCH3 is 1. The van der Waals surface area contributed by atoms with Crippen molar-refractivity contribution in [3.63, 3.8) is 0 Å². The summed E-state index contributed by atoms with van der Waals surface area (Å²) in [5.41, 5.74) is 3.49. The second-order valence-electron chi connectivity index (χ2n) is 8.44. The molecule has 0 bridgehead atoms. The fraction of sp³-hybridized carbons (Fsp3) is 0.321. The minimum Gasteiger partial charge on any atom is -0.497 e. The number of esters is 1. The SMILES string of the molecule is COc1ccc(C[C@@H]2[C@H](OC(C)=O)[C@@H](OCc3ccccc3)CN2Cc2ccccc2)cc1. The summed E-state index contributed by atoms with van der Waals surface area (Å²) in [6.45, 7) is 3.42. The van der Waals surface area contributed by atoms with Crippen molar-refractivity contribution in [2.75, 3.05) is 13.7 Å². The molecule has 0 unspecified atom stereocenters. The third kappa shape index (κ3) is 6.21. The predicted octanol–water partition coefficient (Wildman–Crippen LogP) is 4.64. The van der Waals surface area contributed by atoms with E-state index in [-0.39, 0.29) is 24.2 Å². The fourth-order valence-corrected chi connectivity index (χ4v) is 4.45. The van der Waals surface area contributed by atoms with Gasteiger partial charge in [-0.1, -0.05) is 72.8 Å². The molecule has 0 radical (unpaired) electrons. The van der Waals surface area contributed by atoms with Crippen molar-refractivity contribution in [1.82, 2.24) is 4.90 Å². The molecular weight excluding hydrogens is 414 g/mol. The average Bonchev–Trinajstić information content (AvgIpc) is 3.14. The van der Waals surface area contributed by atoms with E-state index in [1.165, 1.54) is 18.1 Å². The highest BCUT2D eigenvalue weighted by atomic mass is 16.6. The van der Waals surface area contributed by atoms with Crippen LogP contribution < -0.4 is 4.74 Å². The molecule has 0 aromatic heterocycles. The molecule has 0 saturated carbocycles. The topological polar surface area (TPSA) is 48.0 Å². The van der Waals surface area contributed by atoms with Crippen LogP contribution in [0.15, 0.2) is 84.9 Å². The van der Waals surface area contributed by atoms with Gasteiger partial charge in [0.1, 0.15) is 18.0 Å². The molecule has 5 heteroatoms. The quantitative estimate of drug-likeness (QED) is 0.449. The van der Waals surface area contributed by atoms with Gasteiger partial charge in [0, 0.05) is 20.0 Å². The predicted molar refractivity (Wildman–Crippen MR) is 128 cm³/mol. The van der Waals surface area contributed by atoms with Crippen LogP contribution in [0.4, 0.5) is 0 Å². The summed E-state index contributed by atoms with van der Waals surface area (Å²) in [6.07, 6.45) is 0.193. The number of rotatable bonds is 9. The van der Waals surface area contributed by atoms with Crippen LogP contribution in [-0.2, 0) is 33.8 Å². The maximum Gasteiger partial charge on any atom is 0.303 e. The first kappa shape index (κ1) is 23.0. The van der Waals surface area contributed by atoms with Gasteiger partial charge in [0.05, 0.1) is 19.8 Å². The molecule has 3 aromatic rings. The molecular formula is C28H31NO4. The smallest absolute Gasteiger partial charge is 0.303 e. The Bertz CT molecular complexity index is 1010. The Morgan fingerprint density at radius 3 is 2.12 bits per heavy atom. The third-order valence-corrected chi connectivity index (χ3v) is 6.07. The number of likely N-dealkylation sites (tertiary alicyclic amines) is 1. The van der Waals surface area contributed by atoms with Gasteiger partial charge in [0.25, 0.3) is 0 Å². The summed E-state index contributed by atoms with van der Waals surface area (Å²) in [7, 11) is 1.67. The standard InChI is InChI=1S/C28H31NO4/c1-21(30)33-28-26(17-22-13-15-25(31-2)16-14-22)29(18-23-9-5-3-6-10-23)19-27(28)32-20-24-11-7-4-8-12-24/h3-16,26-28H,17-20H2,1-2H3/t26-,27+,28+/m1/s1. The lowest BCUT2D eigenvalue weighted by molar-refractivity contribution is -0.154. The number of carbonyl (C=O) groups is 1. The molecule has 0 aliphatic carbocycles. The molecule has 33 heavy (non-hydrogen) atoms. The van der Waals surface area contributed by atoms with Crippen LogP contribution in [0.3, 0.4) is 0 Å². The molecule has 0 N–H and O–H groups in total. The van der Waals surface area contributed by atoms with Gasteiger partial charge in [-0.3, -0.25) is 9.69 Å². The van der Waals surface area contributed by atoms with E-state index in [0.29, 0.717) is 13.2 Å². The molecule has 1 aliphatic rings. The van der Waals surface area contributed by atoms with E-state index in [1.54, 1.807) is 7.11 Å². The number of benzene rings is 3. The van der Waals surface area contributed by atoms with E-state index in [1.807, 2.05) is 48.5 Å². The Labute approximate surface area is 195 Å². The van der Waals surface area contributed by atoms with E-state index in [2.05, 4.69) is 41.3 Å². The first-order valence-electron chi connectivity index (χ1n) is 11.4. The van der Waals surface area contributed by atoms with Gasteiger partial charge in [0.2, 0.25) is 0 Å².